The minimum Gasteiger partial charge on any atom is -0.311 e. The highest BCUT2D eigenvalue weighted by Gasteiger charge is 2.53. The van der Waals surface area contributed by atoms with Gasteiger partial charge in [0.15, 0.2) is 0 Å². The van der Waals surface area contributed by atoms with Crippen LogP contribution in [-0.4, -0.2) is 4.57 Å². The molecule has 0 fully saturated rings. The van der Waals surface area contributed by atoms with E-state index in [0.29, 0.717) is 0 Å². The van der Waals surface area contributed by atoms with Crippen LogP contribution >= 0.6 is 0 Å². The normalized spacial score (nSPS) is 15.7. The maximum Gasteiger partial charge on any atom is 0.0748 e. The van der Waals surface area contributed by atoms with E-state index < -0.39 is 5.41 Å². The molecule has 1 aliphatic heterocycles. The fourth-order valence-corrected chi connectivity index (χ4v) is 10.9. The zero-order valence-corrected chi connectivity index (χ0v) is 33.7. The van der Waals surface area contributed by atoms with Gasteiger partial charge in [-0.05, 0) is 104 Å². The molecule has 0 saturated carbocycles. The number of rotatable bonds is 5. The number of hydrogen-bond donors (Lipinski definition) is 0. The minimum absolute atomic E-state index is 0.282. The van der Waals surface area contributed by atoms with E-state index in [0.717, 1.165) is 17.1 Å². The molecule has 0 saturated heterocycles. The summed E-state index contributed by atoms with van der Waals surface area (Å²) < 4.78 is 2.53. The summed E-state index contributed by atoms with van der Waals surface area (Å²) in [5, 5.41) is 2.58. The highest BCUT2D eigenvalue weighted by molar-refractivity contribution is 6.12. The van der Waals surface area contributed by atoms with Crippen LogP contribution in [0.15, 0.2) is 218 Å². The van der Waals surface area contributed by atoms with E-state index in [1.165, 1.54) is 83.1 Å². The molecule has 284 valence electrons. The third-order valence-corrected chi connectivity index (χ3v) is 13.4. The van der Waals surface area contributed by atoms with Crippen molar-refractivity contribution in [2.75, 3.05) is 4.90 Å². The van der Waals surface area contributed by atoms with E-state index in [1.54, 1.807) is 0 Å². The topological polar surface area (TPSA) is 8.17 Å². The van der Waals surface area contributed by atoms with E-state index in [1.807, 2.05) is 0 Å². The molecule has 0 radical (unpaired) electrons. The molecular weight excluding hydrogens is 725 g/mol. The first-order chi connectivity index (χ1) is 29.5. The van der Waals surface area contributed by atoms with Crippen LogP contribution < -0.4 is 4.90 Å². The van der Waals surface area contributed by atoms with Crippen molar-refractivity contribution in [3.05, 3.63) is 252 Å². The zero-order valence-electron chi connectivity index (χ0n) is 33.7. The predicted octanol–water partition coefficient (Wildman–Crippen LogP) is 14.9. The van der Waals surface area contributed by atoms with E-state index in [4.69, 9.17) is 0 Å². The van der Waals surface area contributed by atoms with Gasteiger partial charge in [-0.2, -0.15) is 0 Å². The van der Waals surface area contributed by atoms with Crippen LogP contribution in [-0.2, 0) is 10.8 Å². The van der Waals surface area contributed by atoms with Gasteiger partial charge in [0.05, 0.1) is 22.1 Å². The summed E-state index contributed by atoms with van der Waals surface area (Å²) in [5.74, 6) is 0. The zero-order chi connectivity index (χ0) is 40.0. The number of anilines is 3. The molecule has 1 aromatic heterocycles. The van der Waals surface area contributed by atoms with Gasteiger partial charge in [-0.1, -0.05) is 184 Å². The molecule has 2 aliphatic rings. The molecule has 0 bridgehead atoms. The van der Waals surface area contributed by atoms with Crippen molar-refractivity contribution < 1.29 is 0 Å². The van der Waals surface area contributed by atoms with Gasteiger partial charge >= 0.3 is 0 Å². The molecule has 2 heteroatoms. The summed E-state index contributed by atoms with van der Waals surface area (Å²) in [6.07, 6.45) is 0. The molecule has 10 aromatic rings. The average Bonchev–Trinajstić information content (AvgIpc) is 3.65. The van der Waals surface area contributed by atoms with E-state index >= 15 is 0 Å². The van der Waals surface area contributed by atoms with Crippen molar-refractivity contribution in [1.82, 2.24) is 4.57 Å². The van der Waals surface area contributed by atoms with Gasteiger partial charge in [0.1, 0.15) is 0 Å². The Morgan fingerprint density at radius 3 is 1.63 bits per heavy atom. The Labute approximate surface area is 351 Å². The number of aromatic nitrogens is 1. The Hall–Kier alpha value is -7.42. The van der Waals surface area contributed by atoms with Gasteiger partial charge in [-0.3, -0.25) is 0 Å². The van der Waals surface area contributed by atoms with Gasteiger partial charge in [0.25, 0.3) is 0 Å². The van der Waals surface area contributed by atoms with Gasteiger partial charge < -0.3 is 9.47 Å². The SMILES string of the molecule is CC1(C)c2ccccc2C2(c3ccccc3-n3c4ccccc4c4cccc2c43)c2cccc(-c3ccc(N(c4ccccc4)c4ccc(-c5ccccc5)cc4)cc3)c21. The number of fused-ring (bicyclic) bond motifs is 11. The first-order valence-corrected chi connectivity index (χ1v) is 21.0. The van der Waals surface area contributed by atoms with Crippen LogP contribution in [0.2, 0.25) is 0 Å². The summed E-state index contributed by atoms with van der Waals surface area (Å²) in [5.41, 5.74) is 19.4. The first-order valence-electron chi connectivity index (χ1n) is 21.0. The highest BCUT2D eigenvalue weighted by atomic mass is 15.1. The lowest BCUT2D eigenvalue weighted by Gasteiger charge is -2.50. The molecule has 0 N–H and O–H groups in total. The molecule has 0 amide bonds. The molecule has 2 nitrogen and oxygen atoms in total. The summed E-state index contributed by atoms with van der Waals surface area (Å²) in [6.45, 7) is 4.86. The fourth-order valence-electron chi connectivity index (χ4n) is 10.9. The summed E-state index contributed by atoms with van der Waals surface area (Å²) in [6, 6.07) is 80.8. The van der Waals surface area contributed by atoms with Gasteiger partial charge in [0, 0.05) is 33.2 Å². The molecule has 9 aromatic carbocycles. The number of benzene rings is 9. The van der Waals surface area contributed by atoms with Crippen LogP contribution in [0.4, 0.5) is 17.1 Å². The molecule has 1 aliphatic carbocycles. The second-order valence-electron chi connectivity index (χ2n) is 16.9. The Kier molecular flexibility index (Phi) is 7.52. The summed E-state index contributed by atoms with van der Waals surface area (Å²) >= 11 is 0. The lowest BCUT2D eigenvalue weighted by molar-refractivity contribution is 0.558. The van der Waals surface area contributed by atoms with Gasteiger partial charge in [0.2, 0.25) is 0 Å². The Morgan fingerprint density at radius 2 is 0.883 bits per heavy atom. The molecule has 12 rings (SSSR count). The molecular formula is C58H42N2. The summed E-state index contributed by atoms with van der Waals surface area (Å²) in [4.78, 5) is 2.35. The maximum atomic E-state index is 2.53. The Morgan fingerprint density at radius 1 is 0.367 bits per heavy atom. The fraction of sp³-hybridized carbons (Fsp3) is 0.0690. The molecule has 1 unspecified atom stereocenters. The lowest BCUT2D eigenvalue weighted by atomic mass is 9.52. The third-order valence-electron chi connectivity index (χ3n) is 13.4. The standard InChI is InChI=1S/C58H42N2/c1-57(2)48-24-10-11-25-49(48)58(50-26-12-14-30-54(50)60-53-29-13-9-21-46(53)47-23-16-28-52(58)56(47)60)51-27-15-22-45(55(51)57)41-33-37-44(38-34-41)59(42-19-7-4-8-20-42)43-35-31-40(32-36-43)39-17-5-3-6-18-39/h3-38H,1-2H3. The van der Waals surface area contributed by atoms with Crippen LogP contribution in [0, 0.1) is 0 Å². The molecule has 1 atom stereocenters. The number of hydrogen-bond acceptors (Lipinski definition) is 1. The van der Waals surface area contributed by atoms with Gasteiger partial charge in [-0.15, -0.1) is 0 Å². The average molecular weight is 767 g/mol. The maximum absolute atomic E-state index is 2.53. The summed E-state index contributed by atoms with van der Waals surface area (Å²) in [7, 11) is 0. The Bertz CT molecular complexity index is 3270. The lowest BCUT2D eigenvalue weighted by Crippen LogP contribution is -2.44. The van der Waals surface area contributed by atoms with Crippen molar-refractivity contribution in [1.29, 1.82) is 0 Å². The predicted molar refractivity (Wildman–Crippen MR) is 250 cm³/mol. The third kappa shape index (κ3) is 4.76. The quantitative estimate of drug-likeness (QED) is 0.169. The van der Waals surface area contributed by atoms with Crippen LogP contribution in [0.1, 0.15) is 47.2 Å². The minimum atomic E-state index is -0.534. The van der Waals surface area contributed by atoms with Crippen molar-refractivity contribution in [2.45, 2.75) is 24.7 Å². The van der Waals surface area contributed by atoms with Crippen LogP contribution in [0.3, 0.4) is 0 Å². The van der Waals surface area contributed by atoms with E-state index in [-0.39, 0.29) is 5.41 Å². The highest BCUT2D eigenvalue weighted by Crippen LogP contribution is 2.61. The Balaban J connectivity index is 1.07. The largest absolute Gasteiger partial charge is 0.311 e. The smallest absolute Gasteiger partial charge is 0.0748 e. The van der Waals surface area contributed by atoms with Gasteiger partial charge in [-0.25, -0.2) is 0 Å². The monoisotopic (exact) mass is 766 g/mol. The van der Waals surface area contributed by atoms with Crippen molar-refractivity contribution in [3.63, 3.8) is 0 Å². The second kappa shape index (κ2) is 13.0. The molecule has 2 heterocycles. The second-order valence-corrected chi connectivity index (χ2v) is 16.9. The van der Waals surface area contributed by atoms with Crippen molar-refractivity contribution in [3.8, 4) is 27.9 Å². The first kappa shape index (κ1) is 34.6. The number of nitrogens with zero attached hydrogens (tertiary/aromatic N) is 2. The number of para-hydroxylation sites is 4. The van der Waals surface area contributed by atoms with Crippen molar-refractivity contribution >= 4 is 38.9 Å². The van der Waals surface area contributed by atoms with E-state index in [9.17, 15) is 0 Å². The van der Waals surface area contributed by atoms with Crippen molar-refractivity contribution in [2.24, 2.45) is 0 Å². The molecule has 1 spiro atoms. The van der Waals surface area contributed by atoms with E-state index in [2.05, 4.69) is 242 Å². The molecule has 60 heavy (non-hydrogen) atoms. The van der Waals surface area contributed by atoms with Crippen LogP contribution in [0.25, 0.3) is 49.7 Å². The van der Waals surface area contributed by atoms with Crippen LogP contribution in [0.5, 0.6) is 0 Å².